The number of nitrogens with one attached hydrogen (secondary N) is 1. The summed E-state index contributed by atoms with van der Waals surface area (Å²) in [6.45, 7) is 6.15. The smallest absolute Gasteiger partial charge is 0.410 e. The van der Waals surface area contributed by atoms with Crippen LogP contribution in [0.2, 0.25) is 0 Å². The van der Waals surface area contributed by atoms with Gasteiger partial charge >= 0.3 is 11.8 Å². The van der Waals surface area contributed by atoms with Gasteiger partial charge in [-0.05, 0) is 37.5 Å². The minimum atomic E-state index is -0.931. The number of rotatable bonds is 10. The summed E-state index contributed by atoms with van der Waals surface area (Å²) < 4.78 is 13.8. The number of hydrogen-bond acceptors (Lipinski definition) is 5. The van der Waals surface area contributed by atoms with Gasteiger partial charge in [-0.2, -0.15) is 0 Å². The first-order valence-corrected chi connectivity index (χ1v) is 13.3. The lowest BCUT2D eigenvalue weighted by Crippen LogP contribution is -2.43. The summed E-state index contributed by atoms with van der Waals surface area (Å²) in [6.07, 6.45) is 0.897. The molecule has 0 radical (unpaired) electrons. The van der Waals surface area contributed by atoms with Crippen molar-refractivity contribution in [2.75, 3.05) is 19.7 Å². The van der Waals surface area contributed by atoms with E-state index in [1.54, 1.807) is 20.8 Å². The molecule has 4 rings (SSSR count). The fraction of sp³-hybridized carbons (Fsp3) is 0.281. The minimum absolute atomic E-state index is 0.177. The predicted molar refractivity (Wildman–Crippen MR) is 154 cm³/mol. The highest BCUT2D eigenvalue weighted by molar-refractivity contribution is 5.68. The summed E-state index contributed by atoms with van der Waals surface area (Å²) in [4.78, 5) is 40.6. The number of benzene rings is 3. The second-order valence-corrected chi connectivity index (χ2v) is 10.4. The number of H-pyrrole nitrogens is 1. The number of aromatic amines is 1. The van der Waals surface area contributed by atoms with Gasteiger partial charge in [0.25, 0.3) is 5.56 Å². The van der Waals surface area contributed by atoms with Crippen molar-refractivity contribution in [1.82, 2.24) is 14.5 Å². The maximum atomic E-state index is 13.2. The van der Waals surface area contributed by atoms with Crippen LogP contribution in [0.15, 0.2) is 113 Å². The first-order valence-electron chi connectivity index (χ1n) is 13.3. The molecule has 0 atom stereocenters. The van der Waals surface area contributed by atoms with E-state index in [1.807, 2.05) is 91.0 Å². The van der Waals surface area contributed by atoms with Gasteiger partial charge in [0.05, 0.1) is 6.61 Å². The summed E-state index contributed by atoms with van der Waals surface area (Å²) in [5.74, 6) is 0. The van der Waals surface area contributed by atoms with E-state index >= 15 is 0 Å². The van der Waals surface area contributed by atoms with Crippen LogP contribution in [0.25, 0.3) is 0 Å². The third kappa shape index (κ3) is 6.95. The van der Waals surface area contributed by atoms with Crippen molar-refractivity contribution in [2.45, 2.75) is 38.5 Å². The van der Waals surface area contributed by atoms with Crippen LogP contribution in [-0.4, -0.2) is 45.8 Å². The van der Waals surface area contributed by atoms with Crippen LogP contribution in [0, 0.1) is 0 Å². The molecule has 4 aromatic rings. The molecular formula is C32H35N3O5. The molecule has 1 amide bonds. The highest BCUT2D eigenvalue weighted by Crippen LogP contribution is 2.40. The molecule has 0 unspecified atom stereocenters. The molecule has 1 N–H and O–H groups in total. The van der Waals surface area contributed by atoms with Gasteiger partial charge in [0.1, 0.15) is 11.2 Å². The van der Waals surface area contributed by atoms with E-state index in [9.17, 15) is 14.4 Å². The van der Waals surface area contributed by atoms with Crippen molar-refractivity contribution in [3.63, 3.8) is 0 Å². The summed E-state index contributed by atoms with van der Waals surface area (Å²) in [5.41, 5.74) is 0.219. The Bertz CT molecular complexity index is 1400. The molecule has 0 bridgehead atoms. The molecule has 40 heavy (non-hydrogen) atoms. The van der Waals surface area contributed by atoms with Crippen LogP contribution in [0.5, 0.6) is 0 Å². The Morgan fingerprint density at radius 1 is 0.775 bits per heavy atom. The van der Waals surface area contributed by atoms with Gasteiger partial charge in [0.15, 0.2) is 0 Å². The van der Waals surface area contributed by atoms with Gasteiger partial charge in [-0.25, -0.2) is 9.59 Å². The third-order valence-electron chi connectivity index (χ3n) is 6.38. The molecule has 208 valence electrons. The molecule has 0 aliphatic heterocycles. The van der Waals surface area contributed by atoms with E-state index in [4.69, 9.17) is 9.47 Å². The van der Waals surface area contributed by atoms with Gasteiger partial charge in [-0.1, -0.05) is 91.0 Å². The van der Waals surface area contributed by atoms with Gasteiger partial charge in [0, 0.05) is 31.9 Å². The number of ether oxygens (including phenoxy) is 2. The molecule has 8 nitrogen and oxygen atoms in total. The van der Waals surface area contributed by atoms with Crippen molar-refractivity contribution >= 4 is 6.09 Å². The number of aromatic nitrogens is 2. The summed E-state index contributed by atoms with van der Waals surface area (Å²) in [7, 11) is 0. The molecule has 1 aromatic heterocycles. The second kappa shape index (κ2) is 12.6. The Morgan fingerprint density at radius 3 is 1.73 bits per heavy atom. The Kier molecular flexibility index (Phi) is 9.01. The SMILES string of the molecule is CC(C)(C)OC(=O)N(CCOC(c1ccccc1)(c1ccccc1)c1ccccc1)CCn1ccc(=O)[nH]c1=O. The Hall–Kier alpha value is -4.43. The number of hydrogen-bond donors (Lipinski definition) is 1. The van der Waals surface area contributed by atoms with Gasteiger partial charge in [-0.15, -0.1) is 0 Å². The molecule has 0 saturated carbocycles. The van der Waals surface area contributed by atoms with Crippen LogP contribution in [-0.2, 0) is 21.6 Å². The summed E-state index contributed by atoms with van der Waals surface area (Å²) in [5, 5.41) is 0. The minimum Gasteiger partial charge on any atom is -0.444 e. The van der Waals surface area contributed by atoms with Gasteiger partial charge < -0.3 is 14.4 Å². The normalized spacial score (nSPS) is 11.7. The number of carbonyl (C=O) groups excluding carboxylic acids is 1. The van der Waals surface area contributed by atoms with Gasteiger partial charge in [0.2, 0.25) is 0 Å². The van der Waals surface area contributed by atoms with Crippen molar-refractivity contribution in [2.24, 2.45) is 0 Å². The molecule has 0 fully saturated rings. The quantitative estimate of drug-likeness (QED) is 0.292. The van der Waals surface area contributed by atoms with Crippen molar-refractivity contribution in [1.29, 1.82) is 0 Å². The lowest BCUT2D eigenvalue weighted by molar-refractivity contribution is -0.0116. The molecular weight excluding hydrogens is 506 g/mol. The average Bonchev–Trinajstić information content (AvgIpc) is 2.94. The monoisotopic (exact) mass is 541 g/mol. The first-order chi connectivity index (χ1) is 19.2. The first kappa shape index (κ1) is 28.6. The highest BCUT2D eigenvalue weighted by Gasteiger charge is 2.37. The lowest BCUT2D eigenvalue weighted by atomic mass is 9.80. The van der Waals surface area contributed by atoms with Crippen LogP contribution in [0.1, 0.15) is 37.5 Å². The Labute approximate surface area is 233 Å². The van der Waals surface area contributed by atoms with Crippen LogP contribution in [0.3, 0.4) is 0 Å². The molecule has 0 spiro atoms. The third-order valence-corrected chi connectivity index (χ3v) is 6.38. The zero-order valence-corrected chi connectivity index (χ0v) is 23.1. The van der Waals surface area contributed by atoms with Crippen molar-refractivity contribution < 1.29 is 14.3 Å². The largest absolute Gasteiger partial charge is 0.444 e. The van der Waals surface area contributed by atoms with Crippen molar-refractivity contribution in [3.8, 4) is 0 Å². The van der Waals surface area contributed by atoms with E-state index in [0.717, 1.165) is 16.7 Å². The zero-order chi connectivity index (χ0) is 28.6. The summed E-state index contributed by atoms with van der Waals surface area (Å²) in [6, 6.07) is 31.3. The van der Waals surface area contributed by atoms with E-state index in [-0.39, 0.29) is 26.2 Å². The zero-order valence-electron chi connectivity index (χ0n) is 23.1. The molecule has 0 aliphatic rings. The lowest BCUT2D eigenvalue weighted by Gasteiger charge is -2.37. The van der Waals surface area contributed by atoms with Crippen LogP contribution in [0.4, 0.5) is 4.79 Å². The Morgan fingerprint density at radius 2 is 1.27 bits per heavy atom. The molecule has 3 aromatic carbocycles. The second-order valence-electron chi connectivity index (χ2n) is 10.4. The van der Waals surface area contributed by atoms with Crippen LogP contribution < -0.4 is 11.2 Å². The average molecular weight is 542 g/mol. The molecule has 0 aliphatic carbocycles. The Balaban J connectivity index is 1.65. The molecule has 0 saturated heterocycles. The predicted octanol–water partition coefficient (Wildman–Crippen LogP) is 4.78. The maximum Gasteiger partial charge on any atom is 0.410 e. The fourth-order valence-corrected chi connectivity index (χ4v) is 4.55. The van der Waals surface area contributed by atoms with E-state index in [2.05, 4.69) is 4.98 Å². The maximum absolute atomic E-state index is 13.2. The van der Waals surface area contributed by atoms with E-state index in [0.29, 0.717) is 0 Å². The number of amides is 1. The van der Waals surface area contributed by atoms with Crippen LogP contribution >= 0.6 is 0 Å². The van der Waals surface area contributed by atoms with E-state index in [1.165, 1.54) is 21.7 Å². The fourth-order valence-electron chi connectivity index (χ4n) is 4.55. The number of nitrogens with zero attached hydrogens (tertiary/aromatic N) is 2. The van der Waals surface area contributed by atoms with E-state index < -0.39 is 28.5 Å². The topological polar surface area (TPSA) is 93.6 Å². The molecule has 8 heteroatoms. The van der Waals surface area contributed by atoms with Crippen molar-refractivity contribution in [3.05, 3.63) is 141 Å². The van der Waals surface area contributed by atoms with Gasteiger partial charge in [-0.3, -0.25) is 14.3 Å². The molecule has 1 heterocycles. The highest BCUT2D eigenvalue weighted by atomic mass is 16.6. The number of carbonyl (C=O) groups is 1. The summed E-state index contributed by atoms with van der Waals surface area (Å²) >= 11 is 0. The standard InChI is InChI=1S/C32H35N3O5/c1-31(2,3)40-30(38)35(22-21-34-20-19-28(36)33-29(34)37)23-24-39-32(25-13-7-4-8-14-25,26-15-9-5-10-16-26)27-17-11-6-12-18-27/h4-20H,21-24H2,1-3H3,(H,33,36,37).